The lowest BCUT2D eigenvalue weighted by molar-refractivity contribution is -0.384. The molecule has 0 aliphatic heterocycles. The zero-order valence-electron chi connectivity index (χ0n) is 11.8. The fourth-order valence-electron chi connectivity index (χ4n) is 2.02. The van der Waals surface area contributed by atoms with Gasteiger partial charge in [-0.25, -0.2) is 4.68 Å². The van der Waals surface area contributed by atoms with Crippen molar-refractivity contribution in [3.05, 3.63) is 76.9 Å². The maximum atomic E-state index is 12.4. The molecule has 0 spiro atoms. The number of carbonyl (C=O) groups is 1. The Morgan fingerprint density at radius 3 is 2.65 bits per heavy atom. The van der Waals surface area contributed by atoms with Gasteiger partial charge in [0.25, 0.3) is 5.91 Å². The summed E-state index contributed by atoms with van der Waals surface area (Å²) in [7, 11) is 0. The Bertz CT molecular complexity index is 860. The van der Waals surface area contributed by atoms with Crippen LogP contribution in [0.15, 0.2) is 61.2 Å². The third-order valence-electron chi connectivity index (χ3n) is 3.10. The molecule has 8 nitrogen and oxygen atoms in total. The van der Waals surface area contributed by atoms with E-state index < -0.39 is 4.92 Å². The van der Waals surface area contributed by atoms with Gasteiger partial charge in [-0.2, -0.15) is 5.10 Å². The Kier molecular flexibility index (Phi) is 3.79. The standard InChI is InChI=1S/C15H11N5O3/c21-15(18-11-4-2-1-3-5-11)13-6-7-16-9-14(13)19-10-12(8-17-19)20(22)23/h1-10H,(H,18,21). The molecule has 0 fully saturated rings. The van der Waals surface area contributed by atoms with Crippen molar-refractivity contribution in [3.8, 4) is 5.69 Å². The third-order valence-corrected chi connectivity index (χ3v) is 3.10. The molecular formula is C15H11N5O3. The zero-order chi connectivity index (χ0) is 16.2. The lowest BCUT2D eigenvalue weighted by Crippen LogP contribution is -2.15. The quantitative estimate of drug-likeness (QED) is 0.589. The number of hydrogen-bond donors (Lipinski definition) is 1. The predicted octanol–water partition coefficient (Wildman–Crippen LogP) is 2.43. The lowest BCUT2D eigenvalue weighted by Gasteiger charge is -2.09. The highest BCUT2D eigenvalue weighted by Crippen LogP contribution is 2.18. The first-order valence-corrected chi connectivity index (χ1v) is 6.65. The second-order valence-corrected chi connectivity index (χ2v) is 4.61. The minimum Gasteiger partial charge on any atom is -0.322 e. The van der Waals surface area contributed by atoms with E-state index in [1.54, 1.807) is 24.3 Å². The van der Waals surface area contributed by atoms with Crippen molar-refractivity contribution in [2.45, 2.75) is 0 Å². The van der Waals surface area contributed by atoms with E-state index in [0.29, 0.717) is 16.9 Å². The van der Waals surface area contributed by atoms with Crippen LogP contribution in [0.4, 0.5) is 11.4 Å². The first kappa shape index (κ1) is 14.4. The molecule has 3 aromatic rings. The lowest BCUT2D eigenvalue weighted by atomic mass is 10.2. The highest BCUT2D eigenvalue weighted by Gasteiger charge is 2.16. The van der Waals surface area contributed by atoms with Gasteiger partial charge in [0.2, 0.25) is 0 Å². The molecule has 114 valence electrons. The van der Waals surface area contributed by atoms with Gasteiger partial charge in [0, 0.05) is 11.9 Å². The van der Waals surface area contributed by atoms with Crippen molar-refractivity contribution in [1.29, 1.82) is 0 Å². The number of carbonyl (C=O) groups excluding carboxylic acids is 1. The molecule has 23 heavy (non-hydrogen) atoms. The number of amides is 1. The van der Waals surface area contributed by atoms with Crippen LogP contribution in [0.3, 0.4) is 0 Å². The molecule has 3 rings (SSSR count). The van der Waals surface area contributed by atoms with Gasteiger partial charge in [0.1, 0.15) is 12.4 Å². The van der Waals surface area contributed by atoms with Crippen LogP contribution in [-0.2, 0) is 0 Å². The summed E-state index contributed by atoms with van der Waals surface area (Å²) in [5.74, 6) is -0.355. The van der Waals surface area contributed by atoms with Gasteiger partial charge in [-0.15, -0.1) is 0 Å². The largest absolute Gasteiger partial charge is 0.322 e. The van der Waals surface area contributed by atoms with Crippen LogP contribution < -0.4 is 5.32 Å². The number of benzene rings is 1. The molecule has 0 unspecified atom stereocenters. The average molecular weight is 309 g/mol. The molecule has 1 amide bonds. The number of nitro groups is 1. The molecule has 8 heteroatoms. The normalized spacial score (nSPS) is 10.3. The number of rotatable bonds is 4. The Morgan fingerprint density at radius 2 is 1.96 bits per heavy atom. The van der Waals surface area contributed by atoms with Crippen LogP contribution >= 0.6 is 0 Å². The molecule has 0 atom stereocenters. The van der Waals surface area contributed by atoms with Crippen LogP contribution in [0.2, 0.25) is 0 Å². The Balaban J connectivity index is 1.94. The van der Waals surface area contributed by atoms with Crippen molar-refractivity contribution >= 4 is 17.3 Å². The van der Waals surface area contributed by atoms with Crippen molar-refractivity contribution < 1.29 is 9.72 Å². The number of nitrogens with zero attached hydrogens (tertiary/aromatic N) is 4. The fourth-order valence-corrected chi connectivity index (χ4v) is 2.02. The molecule has 0 saturated carbocycles. The molecule has 1 N–H and O–H groups in total. The van der Waals surface area contributed by atoms with Crippen molar-refractivity contribution in [2.24, 2.45) is 0 Å². The van der Waals surface area contributed by atoms with E-state index in [0.717, 1.165) is 6.20 Å². The van der Waals surface area contributed by atoms with Crippen molar-refractivity contribution in [2.75, 3.05) is 5.32 Å². The summed E-state index contributed by atoms with van der Waals surface area (Å²) in [6, 6.07) is 10.5. The minimum atomic E-state index is -0.552. The summed E-state index contributed by atoms with van der Waals surface area (Å²) >= 11 is 0. The number of pyridine rings is 1. The SMILES string of the molecule is O=C(Nc1ccccc1)c1ccncc1-n1cc([N+](=O)[O-])cn1. The van der Waals surface area contributed by atoms with Gasteiger partial charge in [-0.3, -0.25) is 19.9 Å². The number of aromatic nitrogens is 3. The Labute approximate surface area is 130 Å². The van der Waals surface area contributed by atoms with Crippen LogP contribution in [0.25, 0.3) is 5.69 Å². The number of hydrogen-bond acceptors (Lipinski definition) is 5. The highest BCUT2D eigenvalue weighted by molar-refractivity contribution is 6.06. The van der Waals surface area contributed by atoms with E-state index in [9.17, 15) is 14.9 Å². The highest BCUT2D eigenvalue weighted by atomic mass is 16.6. The third kappa shape index (κ3) is 3.05. The molecule has 0 aliphatic carbocycles. The summed E-state index contributed by atoms with van der Waals surface area (Å²) in [5, 5.41) is 17.4. The molecule has 0 saturated heterocycles. The topological polar surface area (TPSA) is 103 Å². The van der Waals surface area contributed by atoms with Crippen LogP contribution in [0, 0.1) is 10.1 Å². The Morgan fingerprint density at radius 1 is 1.17 bits per heavy atom. The summed E-state index contributed by atoms with van der Waals surface area (Å²) in [4.78, 5) is 26.6. The fraction of sp³-hybridized carbons (Fsp3) is 0. The first-order chi connectivity index (χ1) is 11.1. The maximum absolute atomic E-state index is 12.4. The van der Waals surface area contributed by atoms with Gasteiger partial charge >= 0.3 is 5.69 Å². The molecule has 2 heterocycles. The maximum Gasteiger partial charge on any atom is 0.307 e. The predicted molar refractivity (Wildman–Crippen MR) is 82.4 cm³/mol. The van der Waals surface area contributed by atoms with E-state index in [2.05, 4.69) is 15.4 Å². The van der Waals surface area contributed by atoms with E-state index in [4.69, 9.17) is 0 Å². The molecule has 0 aliphatic rings. The number of anilines is 1. The monoisotopic (exact) mass is 309 g/mol. The van der Waals surface area contributed by atoms with Crippen LogP contribution in [0.1, 0.15) is 10.4 Å². The van der Waals surface area contributed by atoms with Crippen molar-refractivity contribution in [1.82, 2.24) is 14.8 Å². The Hall–Kier alpha value is -3.55. The summed E-state index contributed by atoms with van der Waals surface area (Å²) < 4.78 is 1.25. The smallest absolute Gasteiger partial charge is 0.307 e. The summed E-state index contributed by atoms with van der Waals surface area (Å²) in [5.41, 5.74) is 1.14. The molecule has 2 aromatic heterocycles. The molecule has 0 radical (unpaired) electrons. The zero-order valence-corrected chi connectivity index (χ0v) is 11.8. The van der Waals surface area contributed by atoms with E-state index in [1.807, 2.05) is 6.07 Å². The molecular weight excluding hydrogens is 298 g/mol. The summed E-state index contributed by atoms with van der Waals surface area (Å²) in [6.07, 6.45) is 5.25. The van der Waals surface area contributed by atoms with Gasteiger partial charge in [0.05, 0.1) is 22.4 Å². The second-order valence-electron chi connectivity index (χ2n) is 4.61. The molecule has 0 bridgehead atoms. The summed E-state index contributed by atoms with van der Waals surface area (Å²) in [6.45, 7) is 0. The van der Waals surface area contributed by atoms with Gasteiger partial charge < -0.3 is 5.32 Å². The van der Waals surface area contributed by atoms with Gasteiger partial charge in [-0.1, -0.05) is 18.2 Å². The number of para-hydroxylation sites is 1. The second kappa shape index (κ2) is 6.06. The minimum absolute atomic E-state index is 0.164. The average Bonchev–Trinajstić information content (AvgIpc) is 3.06. The van der Waals surface area contributed by atoms with Crippen molar-refractivity contribution in [3.63, 3.8) is 0 Å². The van der Waals surface area contributed by atoms with Gasteiger partial charge in [0.15, 0.2) is 0 Å². The van der Waals surface area contributed by atoms with E-state index >= 15 is 0 Å². The van der Waals surface area contributed by atoms with E-state index in [-0.39, 0.29) is 11.6 Å². The van der Waals surface area contributed by atoms with Gasteiger partial charge in [-0.05, 0) is 18.2 Å². The van der Waals surface area contributed by atoms with Crippen LogP contribution in [-0.4, -0.2) is 25.6 Å². The first-order valence-electron chi connectivity index (χ1n) is 6.65. The van der Waals surface area contributed by atoms with Crippen LogP contribution in [0.5, 0.6) is 0 Å². The van der Waals surface area contributed by atoms with E-state index in [1.165, 1.54) is 29.3 Å². The number of nitrogens with one attached hydrogen (secondary N) is 1. The molecule has 1 aromatic carbocycles.